The molecule has 1 aliphatic heterocycles. The number of benzene rings is 1. The van der Waals surface area contributed by atoms with Gasteiger partial charge in [-0.25, -0.2) is 19.2 Å². The van der Waals surface area contributed by atoms with Crippen molar-refractivity contribution in [3.8, 4) is 0 Å². The van der Waals surface area contributed by atoms with Crippen LogP contribution >= 0.6 is 0 Å². The van der Waals surface area contributed by atoms with E-state index in [0.717, 1.165) is 56.8 Å². The normalized spacial score (nSPS) is 20.4. The third-order valence-corrected chi connectivity index (χ3v) is 11.0. The maximum absolute atomic E-state index is 13.2. The predicted octanol–water partition coefficient (Wildman–Crippen LogP) is 6.96. The molecule has 0 N–H and O–H groups in total. The number of hydrogen-bond acceptors (Lipinski definition) is 15. The molecule has 1 saturated carbocycles. The van der Waals surface area contributed by atoms with Crippen molar-refractivity contribution in [1.82, 2.24) is 0 Å². The lowest BCUT2D eigenvalue weighted by Crippen LogP contribution is -2.37. The second-order valence-electron chi connectivity index (χ2n) is 16.3. The van der Waals surface area contributed by atoms with Crippen molar-refractivity contribution in [2.75, 3.05) is 6.61 Å². The van der Waals surface area contributed by atoms with E-state index in [0.29, 0.717) is 25.7 Å². The lowest BCUT2D eigenvalue weighted by molar-refractivity contribution is -0.184. The highest BCUT2D eigenvalue weighted by Crippen LogP contribution is 2.45. The van der Waals surface area contributed by atoms with Crippen LogP contribution in [-0.2, 0) is 77.7 Å². The molecule has 1 saturated heterocycles. The van der Waals surface area contributed by atoms with Gasteiger partial charge in [0.15, 0.2) is 24.4 Å². The Hall–Kier alpha value is -4.83. The van der Waals surface area contributed by atoms with Gasteiger partial charge in [0.2, 0.25) is 0 Å². The molecule has 348 valence electrons. The third-order valence-electron chi connectivity index (χ3n) is 11.0. The third kappa shape index (κ3) is 19.2. The van der Waals surface area contributed by atoms with E-state index >= 15 is 0 Å². The smallest absolute Gasteiger partial charge is 0.457 e. The largest absolute Gasteiger partial charge is 0.462 e. The number of ketones is 1. The van der Waals surface area contributed by atoms with Crippen molar-refractivity contribution < 1.29 is 71.3 Å². The van der Waals surface area contributed by atoms with Gasteiger partial charge in [-0.3, -0.25) is 9.59 Å². The number of carbonyl (C=O) groups excluding carboxylic acids is 7. The lowest BCUT2D eigenvalue weighted by Gasteiger charge is -2.28. The molecule has 0 radical (unpaired) electrons. The number of aryl methyl sites for hydroxylation is 1. The minimum Gasteiger partial charge on any atom is -0.462 e. The van der Waals surface area contributed by atoms with Crippen molar-refractivity contribution in [2.45, 2.75) is 174 Å². The Kier molecular flexibility index (Phi) is 23.4. The van der Waals surface area contributed by atoms with E-state index in [9.17, 15) is 33.6 Å². The fourth-order valence-corrected chi connectivity index (χ4v) is 7.52. The second kappa shape index (κ2) is 28.1. The zero-order valence-electron chi connectivity index (χ0n) is 37.8. The van der Waals surface area contributed by atoms with Gasteiger partial charge in [-0.15, -0.1) is 0 Å². The zero-order chi connectivity index (χ0) is 46.3. The average molecular weight is 883 g/mol. The number of allylic oxidation sites excluding steroid dienone is 2. The molecular formula is C47H67BO15. The second-order valence-corrected chi connectivity index (χ2v) is 16.3. The van der Waals surface area contributed by atoms with Crippen molar-refractivity contribution in [2.24, 2.45) is 11.8 Å². The van der Waals surface area contributed by atoms with Gasteiger partial charge in [0.25, 0.3) is 0 Å². The van der Waals surface area contributed by atoms with E-state index < -0.39 is 66.3 Å². The van der Waals surface area contributed by atoms with E-state index in [2.05, 4.69) is 25.7 Å². The maximum atomic E-state index is 13.2. The van der Waals surface area contributed by atoms with E-state index in [4.69, 9.17) is 37.7 Å². The van der Waals surface area contributed by atoms with Crippen LogP contribution in [0.2, 0.25) is 6.32 Å². The van der Waals surface area contributed by atoms with Crippen molar-refractivity contribution in [3.63, 3.8) is 0 Å². The number of ether oxygens (including phenoxy) is 6. The summed E-state index contributed by atoms with van der Waals surface area (Å²) in [5.41, 5.74) is 1.11. The topological polar surface area (TPSA) is 193 Å². The van der Waals surface area contributed by atoms with Crippen molar-refractivity contribution in [1.29, 1.82) is 0 Å². The van der Waals surface area contributed by atoms with E-state index in [-0.39, 0.29) is 56.4 Å². The maximum Gasteiger partial charge on any atom is 0.457 e. The number of fused-ring (bicyclic) bond motifs is 2. The van der Waals surface area contributed by atoms with Crippen LogP contribution in [0.1, 0.15) is 124 Å². The molecule has 2 fully saturated rings. The molecule has 3 rings (SSSR count). The van der Waals surface area contributed by atoms with Crippen LogP contribution in [0.4, 0.5) is 0 Å². The van der Waals surface area contributed by atoms with Crippen LogP contribution in [0.15, 0.2) is 55.1 Å². The van der Waals surface area contributed by atoms with E-state index in [1.54, 1.807) is 6.92 Å². The molecule has 2 bridgehead atoms. The minimum atomic E-state index is -1.49. The standard InChI is InChI=1S/C47H67BO15/c1-8-10-28-48-62-40-30-41(63-48)39(38(40)21-17-12-11-14-18-31(3)49)25-24-37(23-22-36-19-15-13-16-20-36)61-43(51)27-26-42(50)57-33(5)45(53)59-35(7)47(55)60-34(6)46(54)58-32(4)44(52)56-29-9-2/h9,12-13,15-17,19-20,32-35,37-41H,2,8,10-11,14,18,21-30H2,1,3-7H3/b17-12-/t32-,33-,34-,35-,37-,38+,39+,40-,41+/m0/s1. The summed E-state index contributed by atoms with van der Waals surface area (Å²) in [4.78, 5) is 86.7. The number of hydrogen-bond donors (Lipinski definition) is 0. The zero-order valence-corrected chi connectivity index (χ0v) is 37.8. The number of rotatable bonds is 29. The summed E-state index contributed by atoms with van der Waals surface area (Å²) in [6.45, 7) is 12.0. The number of carbonyl (C=O) groups is 7. The SMILES string of the molecule is C=CCOC(=O)[C@H](C)OC(=O)[C@H](C)OC(=O)[C@H](C)OC(=O)[C@H](C)OC(=O)CCC(=O)O[C@@H](CCc1ccccc1)CC[C@@H]1[C@@H](C/C=C\CCCC(C)=O)[C@@H]2C[C@H]1OB(CCCC)O2. The summed E-state index contributed by atoms with van der Waals surface area (Å²) in [5.74, 6) is -4.82. The summed E-state index contributed by atoms with van der Waals surface area (Å²) in [6, 6.07) is 9.92. The van der Waals surface area contributed by atoms with Gasteiger partial charge in [-0.1, -0.05) is 74.9 Å². The number of Topliss-reactive ketones (excluding diaryl/α,β-unsaturated/α-hetero) is 1. The summed E-state index contributed by atoms with van der Waals surface area (Å²) in [5, 5.41) is 0. The van der Waals surface area contributed by atoms with Gasteiger partial charge in [-0.2, -0.15) is 0 Å². The van der Waals surface area contributed by atoms with Gasteiger partial charge >= 0.3 is 42.9 Å². The van der Waals surface area contributed by atoms with Crippen molar-refractivity contribution in [3.05, 3.63) is 60.7 Å². The van der Waals surface area contributed by atoms with Gasteiger partial charge in [0.1, 0.15) is 18.5 Å². The molecule has 9 atom stereocenters. The van der Waals surface area contributed by atoms with Gasteiger partial charge in [-0.05, 0) is 110 Å². The average Bonchev–Trinajstić information content (AvgIpc) is 3.49. The molecule has 63 heavy (non-hydrogen) atoms. The molecular weight excluding hydrogens is 815 g/mol. The monoisotopic (exact) mass is 882 g/mol. The molecule has 0 spiro atoms. The van der Waals surface area contributed by atoms with Crippen LogP contribution < -0.4 is 0 Å². The summed E-state index contributed by atoms with van der Waals surface area (Å²) < 4.78 is 44.0. The summed E-state index contributed by atoms with van der Waals surface area (Å²) in [6.07, 6.45) is 8.43. The molecule has 1 aromatic rings. The lowest BCUT2D eigenvalue weighted by atomic mass is 9.80. The van der Waals surface area contributed by atoms with Crippen LogP contribution in [-0.4, -0.2) is 98.1 Å². The van der Waals surface area contributed by atoms with Crippen LogP contribution in [0.25, 0.3) is 0 Å². The van der Waals surface area contributed by atoms with Gasteiger partial charge in [0.05, 0.1) is 12.8 Å². The molecule has 1 aromatic carbocycles. The first-order chi connectivity index (χ1) is 30.1. The summed E-state index contributed by atoms with van der Waals surface area (Å²) in [7, 11) is -0.235. The molecule has 0 aromatic heterocycles. The Morgan fingerprint density at radius 2 is 1.30 bits per heavy atom. The summed E-state index contributed by atoms with van der Waals surface area (Å²) >= 11 is 0. The Balaban J connectivity index is 1.53. The van der Waals surface area contributed by atoms with Crippen LogP contribution in [0.3, 0.4) is 0 Å². The molecule has 16 heteroatoms. The molecule has 1 heterocycles. The fraction of sp³-hybridized carbons (Fsp3) is 0.638. The Morgan fingerprint density at radius 1 is 0.730 bits per heavy atom. The first-order valence-corrected chi connectivity index (χ1v) is 22.4. The number of unbranched alkanes of at least 4 members (excludes halogenated alkanes) is 2. The molecule has 0 amide bonds. The molecule has 1 aliphatic carbocycles. The highest BCUT2D eigenvalue weighted by atomic mass is 16.6. The van der Waals surface area contributed by atoms with E-state index in [1.807, 2.05) is 30.3 Å². The predicted molar refractivity (Wildman–Crippen MR) is 232 cm³/mol. The quantitative estimate of drug-likeness (QED) is 0.0263. The van der Waals surface area contributed by atoms with Crippen LogP contribution in [0.5, 0.6) is 0 Å². The Labute approximate surface area is 372 Å². The fourth-order valence-electron chi connectivity index (χ4n) is 7.52. The van der Waals surface area contributed by atoms with Gasteiger partial charge in [0, 0.05) is 18.6 Å². The number of esters is 6. The first-order valence-electron chi connectivity index (χ1n) is 22.4. The molecule has 15 nitrogen and oxygen atoms in total. The Bertz CT molecular complexity index is 1680. The minimum absolute atomic E-state index is 0.0342. The highest BCUT2D eigenvalue weighted by molar-refractivity contribution is 6.44. The highest BCUT2D eigenvalue weighted by Gasteiger charge is 2.50. The van der Waals surface area contributed by atoms with Gasteiger partial charge < -0.3 is 42.5 Å². The Morgan fingerprint density at radius 3 is 1.89 bits per heavy atom. The first kappa shape index (κ1) is 52.5. The molecule has 2 aliphatic rings. The van der Waals surface area contributed by atoms with Crippen molar-refractivity contribution >= 4 is 48.7 Å². The van der Waals surface area contributed by atoms with E-state index in [1.165, 1.54) is 33.8 Å². The molecule has 0 unspecified atom stereocenters. The van der Waals surface area contributed by atoms with Crippen LogP contribution in [0, 0.1) is 11.8 Å².